The molecular formula is C44H59N7O5. The van der Waals surface area contributed by atoms with Crippen LogP contribution in [0.25, 0.3) is 0 Å². The van der Waals surface area contributed by atoms with Gasteiger partial charge in [0.05, 0.1) is 11.1 Å². The fourth-order valence-corrected chi connectivity index (χ4v) is 6.66. The Morgan fingerprint density at radius 2 is 1.00 bits per heavy atom. The Morgan fingerprint density at radius 1 is 0.607 bits per heavy atom. The zero-order chi connectivity index (χ0) is 40.8. The van der Waals surface area contributed by atoms with Crippen molar-refractivity contribution in [3.8, 4) is 0 Å². The molecule has 1 aromatic heterocycles. The molecule has 56 heavy (non-hydrogen) atoms. The van der Waals surface area contributed by atoms with E-state index in [0.29, 0.717) is 47.3 Å². The van der Waals surface area contributed by atoms with Crippen molar-refractivity contribution < 1.29 is 24.6 Å². The van der Waals surface area contributed by atoms with Gasteiger partial charge < -0.3 is 31.5 Å². The molecule has 0 aliphatic rings. The molecule has 4 rings (SSSR count). The number of carbonyl (C=O) groups excluding carboxylic acids is 1. The first-order chi connectivity index (χ1) is 26.7. The van der Waals surface area contributed by atoms with Gasteiger partial charge in [-0.3, -0.25) is 4.79 Å². The second kappa shape index (κ2) is 20.4. The maximum Gasteiger partial charge on any atom is 0.335 e. The second-order valence-corrected chi connectivity index (χ2v) is 15.6. The molecule has 0 fully saturated rings. The zero-order valence-electron chi connectivity index (χ0n) is 34.0. The average Bonchev–Trinajstić information content (AvgIpc) is 3.14. The predicted molar refractivity (Wildman–Crippen MR) is 224 cm³/mol. The molecule has 1 amide bonds. The van der Waals surface area contributed by atoms with Crippen LogP contribution in [-0.2, 0) is 12.8 Å². The van der Waals surface area contributed by atoms with Crippen molar-refractivity contribution in [1.82, 2.24) is 20.3 Å². The number of hydrogen-bond acceptors (Lipinski definition) is 9. The van der Waals surface area contributed by atoms with E-state index in [1.807, 2.05) is 32.9 Å². The zero-order valence-corrected chi connectivity index (χ0v) is 34.0. The number of hydrogen-bond donors (Lipinski definition) is 6. The number of carbonyl (C=O) groups is 3. The number of benzene rings is 3. The van der Waals surface area contributed by atoms with Crippen LogP contribution >= 0.6 is 0 Å². The molecule has 3 aromatic carbocycles. The first-order valence-corrected chi connectivity index (χ1v) is 19.9. The molecule has 1 heterocycles. The monoisotopic (exact) mass is 765 g/mol. The topological polar surface area (TPSA) is 178 Å². The molecule has 2 atom stereocenters. The van der Waals surface area contributed by atoms with Crippen LogP contribution in [0.4, 0.5) is 34.9 Å². The lowest BCUT2D eigenvalue weighted by Crippen LogP contribution is -2.40. The van der Waals surface area contributed by atoms with Gasteiger partial charge in [-0.2, -0.15) is 15.0 Å². The lowest BCUT2D eigenvalue weighted by Gasteiger charge is -2.20. The summed E-state index contributed by atoms with van der Waals surface area (Å²) in [5.41, 5.74) is 4.02. The summed E-state index contributed by atoms with van der Waals surface area (Å²) < 4.78 is 0. The van der Waals surface area contributed by atoms with Crippen LogP contribution in [0.5, 0.6) is 0 Å². The maximum absolute atomic E-state index is 12.7. The summed E-state index contributed by atoms with van der Waals surface area (Å²) in [6.45, 7) is 14.4. The minimum Gasteiger partial charge on any atom is -0.478 e. The Hall–Kier alpha value is -5.52. The molecular weight excluding hydrogens is 707 g/mol. The van der Waals surface area contributed by atoms with Crippen molar-refractivity contribution in [1.29, 1.82) is 0 Å². The Labute approximate surface area is 331 Å². The summed E-state index contributed by atoms with van der Waals surface area (Å²) in [7, 11) is 0. The normalized spacial score (nSPS) is 12.4. The van der Waals surface area contributed by atoms with Crippen molar-refractivity contribution in [3.63, 3.8) is 0 Å². The van der Waals surface area contributed by atoms with Crippen molar-refractivity contribution in [3.05, 3.63) is 88.5 Å². The standard InChI is InChI=1S/C44H59N7O5/c1-8-12-14-28(10-3)24-31-26-34(20-22-36(31)39(53)54)46-42-48-41(45-33-18-16-30(17-19-33)38(52)51-44(5,6)7)49-43(50-42)47-35-21-23-37(40(55)56)32(27-35)25-29(11-4)15-13-9-2/h16-23,26-29H,8-15,24-25H2,1-7H3,(H,51,52)(H,53,54)(H,55,56)(H3,45,46,47,48,49,50). The third-order valence-corrected chi connectivity index (χ3v) is 9.81. The number of amides is 1. The molecule has 4 aromatic rings. The predicted octanol–water partition coefficient (Wildman–Crippen LogP) is 10.5. The van der Waals surface area contributed by atoms with Crippen molar-refractivity contribution in [2.24, 2.45) is 11.8 Å². The summed E-state index contributed by atoms with van der Waals surface area (Å²) >= 11 is 0. The number of carboxylic acids is 2. The number of unbranched alkanes of at least 4 members (excludes halogenated alkanes) is 2. The fourth-order valence-electron chi connectivity index (χ4n) is 6.66. The van der Waals surface area contributed by atoms with E-state index >= 15 is 0 Å². The van der Waals surface area contributed by atoms with Crippen molar-refractivity contribution in [2.45, 2.75) is 118 Å². The Morgan fingerprint density at radius 3 is 1.36 bits per heavy atom. The quantitative estimate of drug-likeness (QED) is 0.0475. The van der Waals surface area contributed by atoms with Crippen LogP contribution < -0.4 is 21.3 Å². The second-order valence-electron chi connectivity index (χ2n) is 15.6. The van der Waals surface area contributed by atoms with E-state index in [4.69, 9.17) is 0 Å². The summed E-state index contributed by atoms with van der Waals surface area (Å²) in [6.07, 6.45) is 9.55. The number of aromatic nitrogens is 3. The van der Waals surface area contributed by atoms with Gasteiger partial charge >= 0.3 is 11.9 Å². The third kappa shape index (κ3) is 13.1. The smallest absolute Gasteiger partial charge is 0.335 e. The van der Waals surface area contributed by atoms with E-state index in [0.717, 1.165) is 62.5 Å². The van der Waals surface area contributed by atoms with Gasteiger partial charge in [-0.1, -0.05) is 79.1 Å². The summed E-state index contributed by atoms with van der Waals surface area (Å²) in [5.74, 6) is -0.809. The molecule has 0 aliphatic heterocycles. The van der Waals surface area contributed by atoms with Crippen LogP contribution in [0, 0.1) is 11.8 Å². The molecule has 0 saturated heterocycles. The SMILES string of the molecule is CCCCC(CC)Cc1cc(Nc2nc(Nc3ccc(C(=O)NC(C)(C)C)cc3)nc(Nc3ccc(C(=O)O)c(CC(CC)CCCC)c3)n2)ccc1C(=O)O. The van der Waals surface area contributed by atoms with Crippen LogP contribution in [0.3, 0.4) is 0 Å². The highest BCUT2D eigenvalue weighted by molar-refractivity contribution is 5.95. The third-order valence-electron chi connectivity index (χ3n) is 9.81. The highest BCUT2D eigenvalue weighted by Crippen LogP contribution is 2.28. The molecule has 0 saturated carbocycles. The molecule has 0 radical (unpaired) electrons. The lowest BCUT2D eigenvalue weighted by atomic mass is 9.89. The Balaban J connectivity index is 1.71. The van der Waals surface area contributed by atoms with Crippen LogP contribution in [0.15, 0.2) is 60.7 Å². The number of carboxylic acid groups (broad SMARTS) is 2. The van der Waals surface area contributed by atoms with Gasteiger partial charge in [0.25, 0.3) is 5.91 Å². The number of nitrogens with one attached hydrogen (secondary N) is 4. The molecule has 12 heteroatoms. The van der Waals surface area contributed by atoms with E-state index in [9.17, 15) is 24.6 Å². The van der Waals surface area contributed by atoms with E-state index < -0.39 is 11.9 Å². The summed E-state index contributed by atoms with van der Waals surface area (Å²) in [6, 6.07) is 17.3. The van der Waals surface area contributed by atoms with E-state index in [-0.39, 0.29) is 40.4 Å². The first-order valence-electron chi connectivity index (χ1n) is 19.9. The van der Waals surface area contributed by atoms with Crippen molar-refractivity contribution >= 4 is 52.8 Å². The highest BCUT2D eigenvalue weighted by atomic mass is 16.4. The molecule has 0 bridgehead atoms. The summed E-state index contributed by atoms with van der Waals surface area (Å²) in [5, 5.41) is 32.7. The van der Waals surface area contributed by atoms with Crippen LogP contribution in [0.2, 0.25) is 0 Å². The van der Waals surface area contributed by atoms with Gasteiger partial charge in [-0.05, 0) is 117 Å². The van der Waals surface area contributed by atoms with Crippen molar-refractivity contribution in [2.75, 3.05) is 16.0 Å². The van der Waals surface area contributed by atoms with Gasteiger partial charge in [0.15, 0.2) is 0 Å². The van der Waals surface area contributed by atoms with Gasteiger partial charge in [-0.25, -0.2) is 9.59 Å². The van der Waals surface area contributed by atoms with Gasteiger partial charge in [-0.15, -0.1) is 0 Å². The molecule has 0 aliphatic carbocycles. The largest absolute Gasteiger partial charge is 0.478 e. The number of rotatable bonds is 21. The number of nitrogens with zero attached hydrogens (tertiary/aromatic N) is 3. The number of aromatic carboxylic acids is 2. The number of anilines is 6. The Bertz CT molecular complexity index is 1840. The minimum absolute atomic E-state index is 0.185. The van der Waals surface area contributed by atoms with E-state index in [2.05, 4.69) is 63.9 Å². The first kappa shape index (κ1) is 43.2. The van der Waals surface area contributed by atoms with E-state index in [1.165, 1.54) is 0 Å². The maximum atomic E-state index is 12.7. The Kier molecular flexibility index (Phi) is 15.8. The molecule has 2 unspecified atom stereocenters. The van der Waals surface area contributed by atoms with Gasteiger partial charge in [0, 0.05) is 28.2 Å². The van der Waals surface area contributed by atoms with E-state index in [1.54, 1.807) is 48.5 Å². The fraction of sp³-hybridized carbons (Fsp3) is 0.455. The van der Waals surface area contributed by atoms with Gasteiger partial charge in [0.2, 0.25) is 17.8 Å². The molecule has 12 nitrogen and oxygen atoms in total. The molecule has 6 N–H and O–H groups in total. The van der Waals surface area contributed by atoms with Gasteiger partial charge in [0.1, 0.15) is 0 Å². The van der Waals surface area contributed by atoms with Crippen LogP contribution in [-0.4, -0.2) is 48.5 Å². The minimum atomic E-state index is -0.971. The molecule has 0 spiro atoms. The van der Waals surface area contributed by atoms with Crippen LogP contribution in [0.1, 0.15) is 142 Å². The highest BCUT2D eigenvalue weighted by Gasteiger charge is 2.19. The lowest BCUT2D eigenvalue weighted by molar-refractivity contribution is 0.0684. The molecule has 300 valence electrons. The average molecular weight is 766 g/mol. The summed E-state index contributed by atoms with van der Waals surface area (Å²) in [4.78, 5) is 51.1.